The van der Waals surface area contributed by atoms with Crippen molar-refractivity contribution >= 4 is 46.6 Å². The van der Waals surface area contributed by atoms with Crippen LogP contribution in [0.5, 0.6) is 0 Å². The number of anilines is 4. The molecule has 4 atom stereocenters. The number of methoxy groups -OCH3 is 1. The van der Waals surface area contributed by atoms with Crippen molar-refractivity contribution in [2.45, 2.75) is 117 Å². The zero-order valence-electron chi connectivity index (χ0n) is 64.7. The van der Waals surface area contributed by atoms with Crippen LogP contribution in [-0.2, 0) is 53.1 Å². The van der Waals surface area contributed by atoms with Crippen molar-refractivity contribution in [2.24, 2.45) is 10.2 Å². The van der Waals surface area contributed by atoms with E-state index in [1.165, 1.54) is 36.4 Å². The number of azide groups is 2. The number of aromatic amines is 4. The Morgan fingerprint density at radius 1 is 0.400 bits per heavy atom. The molecule has 28 heteroatoms. The third-order valence-corrected chi connectivity index (χ3v) is 20.9. The highest BCUT2D eigenvalue weighted by Gasteiger charge is 2.28. The third-order valence-electron chi connectivity index (χ3n) is 20.9. The molecule has 594 valence electrons. The Morgan fingerprint density at radius 2 is 0.670 bits per heavy atom. The summed E-state index contributed by atoms with van der Waals surface area (Å²) in [5, 5.41) is 35.0. The summed E-state index contributed by atoms with van der Waals surface area (Å²) in [6, 6.07) is 58.0. The van der Waals surface area contributed by atoms with Gasteiger partial charge in [-0.05, 0) is 191 Å². The molecule has 0 saturated carbocycles. The first-order valence-electron chi connectivity index (χ1n) is 38.3. The molecule has 4 aromatic heterocycles. The van der Waals surface area contributed by atoms with E-state index in [-0.39, 0.29) is 46.5 Å². The SMILES string of the molecule is CCc1cc(C(=O)O)c(=O)[nH]c1-c1ccc(N2CCC(N=[N+]=[N-])C2)cc1.CCc1cc(C(=O)O)c(=O)[nH]c1-c1ccc(N2CCC(OCc3ccccc3)C2)cc1.CCc1cc(C(=O)O)c(=O)[nH]c1-c1ccc(N2CC[C@H](N=[N+]=[N-])C2)cc1.CCc1cc(C(=O)OC)c(=O)[nH]c1-c1ccc(N2CCC(OCc3ccccc3)C2)cc1. The molecule has 0 bridgehead atoms. The second-order valence-electron chi connectivity index (χ2n) is 28.2. The maximum absolute atomic E-state index is 12.4. The quantitative estimate of drug-likeness (QED) is 0.0128. The Kier molecular flexibility index (Phi) is 28.2. The maximum atomic E-state index is 12.4. The smallest absolute Gasteiger partial charge is 0.343 e. The molecular weight excluding hydrogens is 1470 g/mol. The van der Waals surface area contributed by atoms with Gasteiger partial charge in [-0.1, -0.05) is 147 Å². The molecule has 0 aliphatic carbocycles. The summed E-state index contributed by atoms with van der Waals surface area (Å²) in [7, 11) is 1.27. The summed E-state index contributed by atoms with van der Waals surface area (Å²) < 4.78 is 16.9. The number of nitrogens with one attached hydrogen (secondary N) is 4. The van der Waals surface area contributed by atoms with Crippen molar-refractivity contribution in [3.63, 3.8) is 0 Å². The second-order valence-corrected chi connectivity index (χ2v) is 28.2. The van der Waals surface area contributed by atoms with Crippen molar-refractivity contribution < 1.29 is 48.7 Å². The van der Waals surface area contributed by atoms with Crippen LogP contribution in [0.25, 0.3) is 65.9 Å². The number of carboxylic acid groups (broad SMARTS) is 3. The van der Waals surface area contributed by atoms with Crippen LogP contribution in [0.2, 0.25) is 0 Å². The number of ether oxygens (including phenoxy) is 3. The Labute approximate surface area is 662 Å². The highest BCUT2D eigenvalue weighted by molar-refractivity contribution is 5.91. The number of carboxylic acids is 3. The van der Waals surface area contributed by atoms with Gasteiger partial charge in [0.15, 0.2) is 0 Å². The van der Waals surface area contributed by atoms with Crippen molar-refractivity contribution in [3.05, 3.63) is 300 Å². The number of nitrogens with zero attached hydrogens (tertiary/aromatic N) is 10. The molecule has 14 rings (SSSR count). The van der Waals surface area contributed by atoms with Gasteiger partial charge in [0, 0.05) is 84.9 Å². The number of carbonyl (C=O) groups excluding carboxylic acids is 1. The number of H-pyrrole nitrogens is 4. The summed E-state index contributed by atoms with van der Waals surface area (Å²) in [4.78, 5) is 120. The zero-order valence-corrected chi connectivity index (χ0v) is 64.7. The lowest BCUT2D eigenvalue weighted by atomic mass is 10.0. The number of hydrogen-bond donors (Lipinski definition) is 7. The number of benzene rings is 6. The van der Waals surface area contributed by atoms with Crippen LogP contribution in [0, 0.1) is 0 Å². The lowest BCUT2D eigenvalue weighted by molar-refractivity contribution is 0.0552. The number of pyridine rings is 4. The van der Waals surface area contributed by atoms with Gasteiger partial charge in [0.25, 0.3) is 22.2 Å². The van der Waals surface area contributed by atoms with Gasteiger partial charge in [0.1, 0.15) is 22.3 Å². The lowest BCUT2D eigenvalue weighted by Gasteiger charge is -2.19. The van der Waals surface area contributed by atoms with Crippen LogP contribution in [0.3, 0.4) is 0 Å². The molecule has 4 fully saturated rings. The molecular formula is C87H92N14O14. The Balaban J connectivity index is 0.000000152. The highest BCUT2D eigenvalue weighted by Crippen LogP contribution is 2.33. The van der Waals surface area contributed by atoms with E-state index in [4.69, 9.17) is 35.5 Å². The summed E-state index contributed by atoms with van der Waals surface area (Å²) in [5.41, 5.74) is 30.2. The predicted octanol–water partition coefficient (Wildman–Crippen LogP) is 14.7. The van der Waals surface area contributed by atoms with Gasteiger partial charge in [0.2, 0.25) is 0 Å². The molecule has 115 heavy (non-hydrogen) atoms. The fourth-order valence-corrected chi connectivity index (χ4v) is 14.6. The van der Waals surface area contributed by atoms with E-state index in [9.17, 15) is 43.5 Å². The fourth-order valence-electron chi connectivity index (χ4n) is 14.6. The number of rotatable bonds is 24. The van der Waals surface area contributed by atoms with E-state index < -0.39 is 46.1 Å². The number of aryl methyl sites for hydroxylation is 4. The van der Waals surface area contributed by atoms with Crippen molar-refractivity contribution in [3.8, 4) is 45.0 Å². The van der Waals surface area contributed by atoms with Crippen molar-refractivity contribution in [1.29, 1.82) is 0 Å². The average molecular weight is 1560 g/mol. The number of carbonyl (C=O) groups is 4. The van der Waals surface area contributed by atoms with Gasteiger partial charge < -0.3 is 69.1 Å². The van der Waals surface area contributed by atoms with Crippen LogP contribution in [0.1, 0.15) is 128 Å². The van der Waals surface area contributed by atoms with Crippen LogP contribution in [0.15, 0.2) is 211 Å². The normalized spacial score (nSPS) is 16.0. The van der Waals surface area contributed by atoms with Crippen LogP contribution >= 0.6 is 0 Å². The predicted molar refractivity (Wildman–Crippen MR) is 443 cm³/mol. The van der Waals surface area contributed by atoms with E-state index in [1.807, 2.05) is 149 Å². The minimum Gasteiger partial charge on any atom is -0.477 e. The Hall–Kier alpha value is -13.3. The molecule has 10 aromatic rings. The molecule has 8 heterocycles. The summed E-state index contributed by atoms with van der Waals surface area (Å²) in [6.45, 7) is 15.6. The minimum absolute atomic E-state index is 0.00807. The highest BCUT2D eigenvalue weighted by atomic mass is 16.5. The summed E-state index contributed by atoms with van der Waals surface area (Å²) in [5.74, 6) is -4.30. The first-order chi connectivity index (χ1) is 55.7. The topological polar surface area (TPSA) is 399 Å². The van der Waals surface area contributed by atoms with Gasteiger partial charge in [-0.3, -0.25) is 19.2 Å². The average Bonchev–Trinajstić information content (AvgIpc) is 1.72. The van der Waals surface area contributed by atoms with Gasteiger partial charge in [-0.2, -0.15) is 0 Å². The van der Waals surface area contributed by atoms with E-state index in [0.29, 0.717) is 69.1 Å². The van der Waals surface area contributed by atoms with Crippen molar-refractivity contribution in [1.82, 2.24) is 19.9 Å². The zero-order chi connectivity index (χ0) is 81.7. The van der Waals surface area contributed by atoms with E-state index in [0.717, 1.165) is 138 Å². The van der Waals surface area contributed by atoms with E-state index in [2.05, 4.69) is 96.0 Å². The Bertz CT molecular complexity index is 5280. The molecule has 7 N–H and O–H groups in total. The number of esters is 1. The molecule has 4 aliphatic heterocycles. The monoisotopic (exact) mass is 1560 g/mol. The fraction of sp³-hybridized carbons (Fsp3) is 0.310. The van der Waals surface area contributed by atoms with Crippen LogP contribution in [-0.4, -0.2) is 143 Å². The second kappa shape index (κ2) is 39.3. The largest absolute Gasteiger partial charge is 0.477 e. The van der Waals surface area contributed by atoms with E-state index >= 15 is 0 Å². The number of aromatic nitrogens is 4. The third kappa shape index (κ3) is 20.9. The Morgan fingerprint density at radius 3 is 0.939 bits per heavy atom. The molecule has 3 unspecified atom stereocenters. The van der Waals surface area contributed by atoms with Crippen LogP contribution < -0.4 is 41.8 Å². The number of hydrogen-bond acceptors (Lipinski definition) is 17. The lowest BCUT2D eigenvalue weighted by Crippen LogP contribution is -2.22. The van der Waals surface area contributed by atoms with Crippen molar-refractivity contribution in [2.75, 3.05) is 79.1 Å². The van der Waals surface area contributed by atoms with Crippen LogP contribution in [0.4, 0.5) is 22.7 Å². The molecule has 0 radical (unpaired) electrons. The summed E-state index contributed by atoms with van der Waals surface area (Å²) in [6.07, 6.45) is 6.57. The maximum Gasteiger partial charge on any atom is 0.343 e. The first kappa shape index (κ1) is 82.7. The van der Waals surface area contributed by atoms with Gasteiger partial charge >= 0.3 is 23.9 Å². The van der Waals surface area contributed by atoms with Gasteiger partial charge in [-0.15, -0.1) is 0 Å². The standard InChI is InChI=1S/C26H28N2O4.C25H26N2O4.2C18H19N5O3/c1-3-19-15-23(26(30)31-2)25(29)27-24(19)20-9-11-21(12-10-20)28-14-13-22(16-28)32-17-18-7-5-4-6-8-18;1-2-18-14-22(25(29)30)24(28)26-23(18)19-8-10-20(11-9-19)27-13-12-21(15-27)31-16-17-6-4-3-5-7-17;2*1-2-11-9-15(18(25)26)17(24)20-16(11)12-3-5-14(6-4-12)23-8-7-13(10-23)21-22-19/h4-12,15,22H,3,13-14,16-17H2,1-2H3,(H,27,29);3-11,14,21H,2,12-13,15-16H2,1H3,(H,26,28)(H,29,30);2*3-6,9,13H,2,7-8,10H2,1H3,(H,20,24)(H,25,26)/t;;13-;/m..0./s1. The molecule has 6 aromatic carbocycles. The molecule has 28 nitrogen and oxygen atoms in total. The molecule has 0 spiro atoms. The number of aromatic carboxylic acids is 3. The molecule has 4 aliphatic rings. The first-order valence-corrected chi connectivity index (χ1v) is 38.3. The minimum atomic E-state index is -1.23. The van der Waals surface area contributed by atoms with E-state index in [1.54, 1.807) is 6.07 Å². The molecule has 4 saturated heterocycles. The molecule has 0 amide bonds. The van der Waals surface area contributed by atoms with Gasteiger partial charge in [-0.25, -0.2) is 19.2 Å². The van der Waals surface area contributed by atoms with Gasteiger partial charge in [0.05, 0.1) is 67.4 Å². The summed E-state index contributed by atoms with van der Waals surface area (Å²) >= 11 is 0.